The predicted molar refractivity (Wildman–Crippen MR) is 50.9 cm³/mol. The first kappa shape index (κ1) is 8.55. The van der Waals surface area contributed by atoms with Crippen LogP contribution in [0.5, 0.6) is 0 Å². The van der Waals surface area contributed by atoms with Crippen LogP contribution in [0.3, 0.4) is 0 Å². The molecule has 2 N–H and O–H groups in total. The van der Waals surface area contributed by atoms with Gasteiger partial charge in [-0.15, -0.1) is 5.10 Å². The lowest BCUT2D eigenvalue weighted by Gasteiger charge is -2.01. The van der Waals surface area contributed by atoms with E-state index in [9.17, 15) is 4.79 Å². The monoisotopic (exact) mass is 191 g/mol. The van der Waals surface area contributed by atoms with Crippen molar-refractivity contribution in [1.29, 1.82) is 0 Å². The number of nitrogen functional groups attached to an aromatic ring is 1. The molecule has 0 saturated carbocycles. The fraction of sp³-hybridized carbons (Fsp3) is 0.111. The minimum absolute atomic E-state index is 0.363. The summed E-state index contributed by atoms with van der Waals surface area (Å²) in [6.45, 7) is 0. The molecular weight excluding hydrogens is 182 g/mol. The van der Waals surface area contributed by atoms with E-state index in [4.69, 9.17) is 5.73 Å². The molecule has 0 amide bonds. The molecule has 0 radical (unpaired) electrons. The number of hydrogen-bond donors (Lipinski definition) is 1. The molecule has 0 aliphatic heterocycles. The molecule has 2 aromatic rings. The summed E-state index contributed by atoms with van der Waals surface area (Å²) in [5.41, 5.74) is 6.65. The zero-order valence-electron chi connectivity index (χ0n) is 7.60. The standard InChI is InChI=1S/C9H9N3O2/c1-14-9(13)7-4-2-3-6-5-8(10)11-12(6)7/h2-5H,1H3,(H2,10,11). The summed E-state index contributed by atoms with van der Waals surface area (Å²) in [4.78, 5) is 11.3. The number of ether oxygens (including phenoxy) is 1. The molecule has 0 aliphatic carbocycles. The average Bonchev–Trinajstić information content (AvgIpc) is 2.56. The van der Waals surface area contributed by atoms with Crippen LogP contribution < -0.4 is 5.73 Å². The van der Waals surface area contributed by atoms with E-state index in [0.717, 1.165) is 5.52 Å². The summed E-state index contributed by atoms with van der Waals surface area (Å²) in [6.07, 6.45) is 0. The Morgan fingerprint density at radius 1 is 1.57 bits per heavy atom. The van der Waals surface area contributed by atoms with Gasteiger partial charge in [-0.05, 0) is 12.1 Å². The molecule has 0 atom stereocenters. The summed E-state index contributed by atoms with van der Waals surface area (Å²) in [7, 11) is 1.33. The molecule has 72 valence electrons. The smallest absolute Gasteiger partial charge is 0.356 e. The van der Waals surface area contributed by atoms with Crippen LogP contribution in [-0.2, 0) is 4.74 Å². The van der Waals surface area contributed by atoms with Crippen LogP contribution in [0.25, 0.3) is 5.52 Å². The van der Waals surface area contributed by atoms with Crippen LogP contribution in [0.1, 0.15) is 10.5 Å². The molecule has 2 rings (SSSR count). The molecule has 2 heterocycles. The van der Waals surface area contributed by atoms with Crippen molar-refractivity contribution in [3.05, 3.63) is 30.0 Å². The third-order valence-corrected chi connectivity index (χ3v) is 1.90. The lowest BCUT2D eigenvalue weighted by atomic mass is 10.3. The van der Waals surface area contributed by atoms with Crippen molar-refractivity contribution in [2.24, 2.45) is 0 Å². The summed E-state index contributed by atoms with van der Waals surface area (Å²) < 4.78 is 6.07. The molecule has 0 saturated heterocycles. The van der Waals surface area contributed by atoms with Gasteiger partial charge in [0.2, 0.25) is 0 Å². The number of pyridine rings is 1. The molecule has 5 nitrogen and oxygen atoms in total. The number of esters is 1. The molecule has 0 fully saturated rings. The van der Waals surface area contributed by atoms with Gasteiger partial charge in [0.05, 0.1) is 12.6 Å². The van der Waals surface area contributed by atoms with E-state index in [1.54, 1.807) is 18.2 Å². The lowest BCUT2D eigenvalue weighted by molar-refractivity contribution is 0.0591. The van der Waals surface area contributed by atoms with Crippen LogP contribution in [0.4, 0.5) is 5.82 Å². The largest absolute Gasteiger partial charge is 0.464 e. The van der Waals surface area contributed by atoms with E-state index < -0.39 is 5.97 Å². The van der Waals surface area contributed by atoms with Gasteiger partial charge in [0.25, 0.3) is 0 Å². The highest BCUT2D eigenvalue weighted by Gasteiger charge is 2.10. The Balaban J connectivity index is 2.70. The van der Waals surface area contributed by atoms with Gasteiger partial charge < -0.3 is 10.5 Å². The van der Waals surface area contributed by atoms with Crippen molar-refractivity contribution in [3.8, 4) is 0 Å². The van der Waals surface area contributed by atoms with Gasteiger partial charge in [-0.25, -0.2) is 9.31 Å². The lowest BCUT2D eigenvalue weighted by Crippen LogP contribution is -2.08. The van der Waals surface area contributed by atoms with Crippen molar-refractivity contribution in [2.75, 3.05) is 12.8 Å². The van der Waals surface area contributed by atoms with E-state index in [1.165, 1.54) is 11.6 Å². The van der Waals surface area contributed by atoms with Crippen LogP contribution in [-0.4, -0.2) is 22.7 Å². The Morgan fingerprint density at radius 2 is 2.36 bits per heavy atom. The van der Waals surface area contributed by atoms with E-state index in [-0.39, 0.29) is 0 Å². The number of fused-ring (bicyclic) bond motifs is 1. The van der Waals surface area contributed by atoms with Crippen molar-refractivity contribution in [1.82, 2.24) is 9.61 Å². The van der Waals surface area contributed by atoms with E-state index in [1.807, 2.05) is 6.07 Å². The molecule has 0 bridgehead atoms. The normalized spacial score (nSPS) is 10.4. The summed E-state index contributed by atoms with van der Waals surface area (Å²) >= 11 is 0. The summed E-state index contributed by atoms with van der Waals surface area (Å²) in [6, 6.07) is 6.89. The molecule has 0 aliphatic rings. The van der Waals surface area contributed by atoms with Gasteiger partial charge in [-0.3, -0.25) is 0 Å². The first-order valence-corrected chi connectivity index (χ1v) is 4.05. The molecule has 0 spiro atoms. The fourth-order valence-corrected chi connectivity index (χ4v) is 1.29. The Labute approximate surface area is 80.1 Å². The van der Waals surface area contributed by atoms with E-state index in [0.29, 0.717) is 11.5 Å². The van der Waals surface area contributed by atoms with Crippen molar-refractivity contribution in [3.63, 3.8) is 0 Å². The SMILES string of the molecule is COC(=O)c1cccc2cc(N)nn12. The molecule has 0 aromatic carbocycles. The minimum Gasteiger partial charge on any atom is -0.464 e. The number of anilines is 1. The number of rotatable bonds is 1. The van der Waals surface area contributed by atoms with Gasteiger partial charge in [-0.2, -0.15) is 0 Å². The molecule has 14 heavy (non-hydrogen) atoms. The van der Waals surface area contributed by atoms with Gasteiger partial charge >= 0.3 is 5.97 Å². The fourth-order valence-electron chi connectivity index (χ4n) is 1.29. The van der Waals surface area contributed by atoms with Gasteiger partial charge in [0.15, 0.2) is 5.69 Å². The third kappa shape index (κ3) is 1.19. The molecule has 0 unspecified atom stereocenters. The topological polar surface area (TPSA) is 69.6 Å². The zero-order chi connectivity index (χ0) is 10.1. The highest BCUT2D eigenvalue weighted by Crippen LogP contribution is 2.11. The second-order valence-corrected chi connectivity index (χ2v) is 2.81. The van der Waals surface area contributed by atoms with Crippen molar-refractivity contribution >= 4 is 17.3 Å². The molecule has 2 aromatic heterocycles. The van der Waals surface area contributed by atoms with Crippen LogP contribution in [0, 0.1) is 0 Å². The number of nitrogens with zero attached hydrogens (tertiary/aromatic N) is 2. The van der Waals surface area contributed by atoms with Crippen LogP contribution >= 0.6 is 0 Å². The highest BCUT2D eigenvalue weighted by molar-refractivity contribution is 5.88. The number of nitrogens with two attached hydrogens (primary N) is 1. The Hall–Kier alpha value is -2.04. The average molecular weight is 191 g/mol. The Kier molecular flexibility index (Phi) is 1.85. The Bertz CT molecular complexity index is 490. The van der Waals surface area contributed by atoms with Gasteiger partial charge in [0.1, 0.15) is 5.82 Å². The van der Waals surface area contributed by atoms with E-state index in [2.05, 4.69) is 9.84 Å². The number of carbonyl (C=O) groups excluding carboxylic acids is 1. The second-order valence-electron chi connectivity index (χ2n) is 2.81. The van der Waals surface area contributed by atoms with Crippen molar-refractivity contribution < 1.29 is 9.53 Å². The first-order valence-electron chi connectivity index (χ1n) is 4.05. The number of carbonyl (C=O) groups is 1. The van der Waals surface area contributed by atoms with Crippen molar-refractivity contribution in [2.45, 2.75) is 0 Å². The third-order valence-electron chi connectivity index (χ3n) is 1.90. The quantitative estimate of drug-likeness (QED) is 0.674. The Morgan fingerprint density at radius 3 is 3.07 bits per heavy atom. The van der Waals surface area contributed by atoms with E-state index >= 15 is 0 Å². The first-order chi connectivity index (χ1) is 6.72. The zero-order valence-corrected chi connectivity index (χ0v) is 7.60. The van der Waals surface area contributed by atoms with Gasteiger partial charge in [-0.1, -0.05) is 6.07 Å². The molecular formula is C9H9N3O2. The van der Waals surface area contributed by atoms with Crippen LogP contribution in [0.2, 0.25) is 0 Å². The number of aromatic nitrogens is 2. The summed E-state index contributed by atoms with van der Waals surface area (Å²) in [5.74, 6) is -0.0555. The maximum atomic E-state index is 11.3. The molecule has 5 heteroatoms. The van der Waals surface area contributed by atoms with Crippen LogP contribution in [0.15, 0.2) is 24.3 Å². The maximum absolute atomic E-state index is 11.3. The minimum atomic E-state index is -0.432. The second kappa shape index (κ2) is 3.02. The number of methoxy groups -OCH3 is 1. The maximum Gasteiger partial charge on any atom is 0.356 e. The number of hydrogen-bond acceptors (Lipinski definition) is 4. The highest BCUT2D eigenvalue weighted by atomic mass is 16.5. The van der Waals surface area contributed by atoms with Gasteiger partial charge in [0, 0.05) is 6.07 Å². The predicted octanol–water partition coefficient (Wildman–Crippen LogP) is 0.703. The summed E-state index contributed by atoms with van der Waals surface area (Å²) in [5, 5.41) is 3.98.